The molecule has 0 radical (unpaired) electrons. The highest BCUT2D eigenvalue weighted by Gasteiger charge is 2.20. The van der Waals surface area contributed by atoms with Crippen molar-refractivity contribution in [1.82, 2.24) is 5.32 Å². The summed E-state index contributed by atoms with van der Waals surface area (Å²) in [7, 11) is 0. The molecule has 0 aliphatic heterocycles. The summed E-state index contributed by atoms with van der Waals surface area (Å²) in [6.07, 6.45) is 1.89. The molecule has 2 atom stereocenters. The summed E-state index contributed by atoms with van der Waals surface area (Å²) in [4.78, 5) is 11.8. The molecule has 1 rings (SSSR count). The number of amides is 1. The van der Waals surface area contributed by atoms with Crippen molar-refractivity contribution < 1.29 is 13.6 Å². The molecule has 0 saturated heterocycles. The van der Waals surface area contributed by atoms with E-state index in [1.165, 1.54) is 12.1 Å². The Morgan fingerprint density at radius 3 is 2.58 bits per heavy atom. The number of rotatable bonds is 6. The third-order valence-corrected chi connectivity index (χ3v) is 3.00. The molecule has 2 unspecified atom stereocenters. The lowest BCUT2D eigenvalue weighted by molar-refractivity contribution is -0.123. The molecule has 0 saturated carbocycles. The van der Waals surface area contributed by atoms with Crippen molar-refractivity contribution >= 4 is 5.91 Å². The summed E-state index contributed by atoms with van der Waals surface area (Å²) in [5.41, 5.74) is 5.98. The lowest BCUT2D eigenvalue weighted by atomic mass is 10.0. The van der Waals surface area contributed by atoms with E-state index in [0.29, 0.717) is 12.8 Å². The average molecular weight is 270 g/mol. The summed E-state index contributed by atoms with van der Waals surface area (Å²) < 4.78 is 26.5. The zero-order valence-electron chi connectivity index (χ0n) is 11.2. The van der Waals surface area contributed by atoms with Gasteiger partial charge in [0.05, 0.1) is 12.1 Å². The van der Waals surface area contributed by atoms with Gasteiger partial charge in [0.2, 0.25) is 5.91 Å². The number of carbonyl (C=O) groups excluding carboxylic acids is 1. The fourth-order valence-electron chi connectivity index (χ4n) is 1.90. The van der Waals surface area contributed by atoms with Crippen molar-refractivity contribution in [2.75, 3.05) is 0 Å². The summed E-state index contributed by atoms with van der Waals surface area (Å²) >= 11 is 0. The topological polar surface area (TPSA) is 55.1 Å². The zero-order chi connectivity index (χ0) is 14.4. The third kappa shape index (κ3) is 4.28. The van der Waals surface area contributed by atoms with Crippen molar-refractivity contribution in [3.05, 3.63) is 35.4 Å². The van der Waals surface area contributed by atoms with E-state index in [1.807, 2.05) is 13.8 Å². The van der Waals surface area contributed by atoms with Gasteiger partial charge in [0, 0.05) is 11.6 Å². The number of nitrogens with one attached hydrogen (secondary N) is 1. The molecule has 5 heteroatoms. The molecule has 3 N–H and O–H groups in total. The Labute approximate surface area is 112 Å². The quantitative estimate of drug-likeness (QED) is 0.835. The standard InChI is InChI=1S/C14H20F2N2O/c1-3-5-12(17)14(19)18-13(4-2)10-7-6-9(15)8-11(10)16/h6-8,12-13H,3-5,17H2,1-2H3,(H,18,19). The van der Waals surface area contributed by atoms with Crippen LogP contribution in [0.3, 0.4) is 0 Å². The maximum absolute atomic E-state index is 13.7. The van der Waals surface area contributed by atoms with Crippen LogP contribution in [-0.4, -0.2) is 11.9 Å². The lowest BCUT2D eigenvalue weighted by Crippen LogP contribution is -2.42. The van der Waals surface area contributed by atoms with Crippen LogP contribution in [0.25, 0.3) is 0 Å². The Morgan fingerprint density at radius 1 is 1.37 bits per heavy atom. The second kappa shape index (κ2) is 7.19. The molecule has 3 nitrogen and oxygen atoms in total. The Balaban J connectivity index is 2.80. The second-order valence-electron chi connectivity index (χ2n) is 4.53. The summed E-state index contributed by atoms with van der Waals surface area (Å²) in [6, 6.07) is 2.26. The van der Waals surface area contributed by atoms with Crippen LogP contribution in [0.15, 0.2) is 18.2 Å². The van der Waals surface area contributed by atoms with E-state index in [4.69, 9.17) is 5.73 Å². The van der Waals surface area contributed by atoms with E-state index < -0.39 is 23.7 Å². The first-order valence-corrected chi connectivity index (χ1v) is 6.50. The smallest absolute Gasteiger partial charge is 0.237 e. The van der Waals surface area contributed by atoms with Gasteiger partial charge in [-0.25, -0.2) is 8.78 Å². The molecule has 0 aliphatic carbocycles. The van der Waals surface area contributed by atoms with Crippen LogP contribution < -0.4 is 11.1 Å². The van der Waals surface area contributed by atoms with Gasteiger partial charge in [0.15, 0.2) is 0 Å². The number of halogens is 2. The number of nitrogens with two attached hydrogens (primary N) is 1. The van der Waals surface area contributed by atoms with Gasteiger partial charge in [-0.2, -0.15) is 0 Å². The Bertz CT molecular complexity index is 437. The minimum atomic E-state index is -0.656. The Kier molecular flexibility index (Phi) is 5.89. The van der Waals surface area contributed by atoms with Gasteiger partial charge in [-0.1, -0.05) is 26.3 Å². The zero-order valence-corrected chi connectivity index (χ0v) is 11.2. The highest BCUT2D eigenvalue weighted by atomic mass is 19.1. The van der Waals surface area contributed by atoms with E-state index in [0.717, 1.165) is 12.5 Å². The van der Waals surface area contributed by atoms with Crippen molar-refractivity contribution in [3.63, 3.8) is 0 Å². The van der Waals surface area contributed by atoms with Crippen LogP contribution in [0.5, 0.6) is 0 Å². The molecule has 0 bridgehead atoms. The molecular weight excluding hydrogens is 250 g/mol. The first kappa shape index (κ1) is 15.6. The van der Waals surface area contributed by atoms with Crippen molar-refractivity contribution in [3.8, 4) is 0 Å². The molecule has 106 valence electrons. The summed E-state index contributed by atoms with van der Waals surface area (Å²) in [6.45, 7) is 3.75. The largest absolute Gasteiger partial charge is 0.348 e. The maximum Gasteiger partial charge on any atom is 0.237 e. The van der Waals surface area contributed by atoms with E-state index >= 15 is 0 Å². The first-order chi connectivity index (χ1) is 8.99. The molecular formula is C14H20F2N2O. The number of hydrogen-bond donors (Lipinski definition) is 2. The van der Waals surface area contributed by atoms with Gasteiger partial charge in [0.1, 0.15) is 11.6 Å². The van der Waals surface area contributed by atoms with Gasteiger partial charge in [-0.05, 0) is 18.9 Å². The monoisotopic (exact) mass is 270 g/mol. The highest BCUT2D eigenvalue weighted by Crippen LogP contribution is 2.21. The summed E-state index contributed by atoms with van der Waals surface area (Å²) in [5, 5.41) is 2.70. The van der Waals surface area contributed by atoms with Crippen LogP contribution in [0.4, 0.5) is 8.78 Å². The fourth-order valence-corrected chi connectivity index (χ4v) is 1.90. The molecule has 1 amide bonds. The molecule has 1 aromatic carbocycles. The van der Waals surface area contributed by atoms with Gasteiger partial charge < -0.3 is 11.1 Å². The number of carbonyl (C=O) groups is 1. The van der Waals surface area contributed by atoms with Crippen LogP contribution in [0, 0.1) is 11.6 Å². The van der Waals surface area contributed by atoms with Gasteiger partial charge in [-0.3, -0.25) is 4.79 Å². The minimum absolute atomic E-state index is 0.279. The summed E-state index contributed by atoms with van der Waals surface area (Å²) in [5.74, 6) is -1.60. The molecule has 0 spiro atoms. The molecule has 0 aliphatic rings. The van der Waals surface area contributed by atoms with Gasteiger partial charge >= 0.3 is 0 Å². The van der Waals surface area contributed by atoms with E-state index in [9.17, 15) is 13.6 Å². The minimum Gasteiger partial charge on any atom is -0.348 e. The van der Waals surface area contributed by atoms with Gasteiger partial charge in [-0.15, -0.1) is 0 Å². The van der Waals surface area contributed by atoms with Crippen molar-refractivity contribution in [2.45, 2.75) is 45.2 Å². The SMILES string of the molecule is CCCC(N)C(=O)NC(CC)c1ccc(F)cc1F. The van der Waals surface area contributed by atoms with Crippen LogP contribution in [0.2, 0.25) is 0 Å². The third-order valence-electron chi connectivity index (χ3n) is 3.00. The molecule has 0 aromatic heterocycles. The molecule has 0 heterocycles. The van der Waals surface area contributed by atoms with Gasteiger partial charge in [0.25, 0.3) is 0 Å². The maximum atomic E-state index is 13.7. The predicted octanol–water partition coefficient (Wildman–Crippen LogP) is 2.66. The number of hydrogen-bond acceptors (Lipinski definition) is 2. The highest BCUT2D eigenvalue weighted by molar-refractivity contribution is 5.81. The van der Waals surface area contributed by atoms with E-state index in [-0.39, 0.29) is 11.5 Å². The normalized spacial score (nSPS) is 13.9. The predicted molar refractivity (Wildman–Crippen MR) is 70.4 cm³/mol. The van der Waals surface area contributed by atoms with Crippen LogP contribution in [0.1, 0.15) is 44.7 Å². The molecule has 19 heavy (non-hydrogen) atoms. The van der Waals surface area contributed by atoms with Crippen LogP contribution in [-0.2, 0) is 4.79 Å². The second-order valence-corrected chi connectivity index (χ2v) is 4.53. The lowest BCUT2D eigenvalue weighted by Gasteiger charge is -2.20. The van der Waals surface area contributed by atoms with E-state index in [1.54, 1.807) is 0 Å². The number of benzene rings is 1. The average Bonchev–Trinajstić information content (AvgIpc) is 2.36. The first-order valence-electron chi connectivity index (χ1n) is 6.50. The molecule has 0 fully saturated rings. The van der Waals surface area contributed by atoms with E-state index in [2.05, 4.69) is 5.32 Å². The van der Waals surface area contributed by atoms with Crippen LogP contribution >= 0.6 is 0 Å². The Hall–Kier alpha value is -1.49. The fraction of sp³-hybridized carbons (Fsp3) is 0.500. The van der Waals surface area contributed by atoms with Crippen molar-refractivity contribution in [1.29, 1.82) is 0 Å². The van der Waals surface area contributed by atoms with Crippen molar-refractivity contribution in [2.24, 2.45) is 5.73 Å². The Morgan fingerprint density at radius 2 is 2.05 bits per heavy atom. The molecule has 1 aromatic rings.